The van der Waals surface area contributed by atoms with Gasteiger partial charge in [-0.15, -0.1) is 0 Å². The van der Waals surface area contributed by atoms with Gasteiger partial charge in [0.15, 0.2) is 0 Å². The highest BCUT2D eigenvalue weighted by Gasteiger charge is 2.57. The van der Waals surface area contributed by atoms with Crippen LogP contribution in [0.3, 0.4) is 0 Å². The summed E-state index contributed by atoms with van der Waals surface area (Å²) < 4.78 is 15.2. The average Bonchev–Trinajstić information content (AvgIpc) is 2.83. The third-order valence-electron chi connectivity index (χ3n) is 4.88. The number of carbonyl (C=O) groups excluding carboxylic acids is 1. The summed E-state index contributed by atoms with van der Waals surface area (Å²) in [5.41, 5.74) is 0.160. The van der Waals surface area contributed by atoms with E-state index in [1.165, 1.54) is 12.3 Å². The molecule has 1 amide bonds. The van der Waals surface area contributed by atoms with Gasteiger partial charge in [-0.3, -0.25) is 9.20 Å². The van der Waals surface area contributed by atoms with Crippen LogP contribution in [0, 0.1) is 23.6 Å². The molecule has 3 heterocycles. The monoisotopic (exact) mass is 302 g/mol. The molecule has 1 saturated heterocycles. The molecule has 1 aliphatic heterocycles. The lowest BCUT2D eigenvalue weighted by atomic mass is 10.0. The minimum atomic E-state index is -0.651. The second kappa shape index (κ2) is 4.52. The molecule has 0 spiro atoms. The van der Waals surface area contributed by atoms with Gasteiger partial charge in [0.05, 0.1) is 17.3 Å². The summed E-state index contributed by atoms with van der Waals surface area (Å²) >= 11 is 0. The first-order valence-corrected chi connectivity index (χ1v) is 7.63. The molecule has 1 aliphatic carbocycles. The van der Waals surface area contributed by atoms with Crippen LogP contribution in [-0.2, 0) is 10.3 Å². The minimum Gasteiger partial charge on any atom is -0.344 e. The highest BCUT2D eigenvalue weighted by Crippen LogP contribution is 2.49. The van der Waals surface area contributed by atoms with Crippen LogP contribution in [0.4, 0.5) is 4.39 Å². The number of rotatable bonds is 3. The molecule has 4 rings (SSSR count). The molecule has 0 radical (unpaired) electrons. The molecule has 2 aliphatic rings. The van der Waals surface area contributed by atoms with Gasteiger partial charge >= 0.3 is 0 Å². The maximum atomic E-state index is 13.5. The molecule has 6 heteroatoms. The fourth-order valence-electron chi connectivity index (χ4n) is 3.68. The minimum absolute atomic E-state index is 0.0784. The van der Waals surface area contributed by atoms with Crippen LogP contribution >= 0.6 is 0 Å². The molecule has 22 heavy (non-hydrogen) atoms. The Hall–Kier alpha value is -1.95. The van der Waals surface area contributed by atoms with Gasteiger partial charge in [0.2, 0.25) is 5.91 Å². The topological polar surface area (TPSA) is 58.4 Å². The van der Waals surface area contributed by atoms with Crippen molar-refractivity contribution >= 4 is 11.4 Å². The summed E-state index contributed by atoms with van der Waals surface area (Å²) in [6, 6.07) is 3.09. The van der Waals surface area contributed by atoms with E-state index in [0.29, 0.717) is 17.7 Å². The van der Waals surface area contributed by atoms with Crippen LogP contribution < -0.4 is 10.6 Å². The number of halogens is 1. The fraction of sp³-hybridized carbons (Fsp3) is 0.500. The van der Waals surface area contributed by atoms with Crippen molar-refractivity contribution in [3.8, 4) is 0 Å². The molecule has 5 nitrogen and oxygen atoms in total. The van der Waals surface area contributed by atoms with Gasteiger partial charge in [-0.25, -0.2) is 9.37 Å². The van der Waals surface area contributed by atoms with Crippen LogP contribution in [0.1, 0.15) is 19.7 Å². The van der Waals surface area contributed by atoms with Gasteiger partial charge in [-0.1, -0.05) is 0 Å². The quantitative estimate of drug-likeness (QED) is 0.898. The van der Waals surface area contributed by atoms with Crippen molar-refractivity contribution in [2.45, 2.75) is 19.4 Å². The maximum Gasteiger partial charge on any atom is 0.224 e. The van der Waals surface area contributed by atoms with Crippen molar-refractivity contribution in [2.24, 2.45) is 17.8 Å². The van der Waals surface area contributed by atoms with Crippen molar-refractivity contribution in [2.75, 3.05) is 13.1 Å². The first-order valence-electron chi connectivity index (χ1n) is 7.63. The smallest absolute Gasteiger partial charge is 0.224 e. The van der Waals surface area contributed by atoms with E-state index in [4.69, 9.17) is 0 Å². The normalized spacial score (nSPS) is 27.0. The predicted molar refractivity (Wildman–Crippen MR) is 79.7 cm³/mol. The zero-order chi connectivity index (χ0) is 15.5. The van der Waals surface area contributed by atoms with Gasteiger partial charge in [-0.05, 0) is 50.9 Å². The Morgan fingerprint density at radius 2 is 2.14 bits per heavy atom. The zero-order valence-corrected chi connectivity index (χ0v) is 12.6. The highest BCUT2D eigenvalue weighted by molar-refractivity contribution is 5.83. The van der Waals surface area contributed by atoms with Crippen molar-refractivity contribution in [3.05, 3.63) is 36.2 Å². The van der Waals surface area contributed by atoms with Crippen LogP contribution in [0.25, 0.3) is 5.52 Å². The van der Waals surface area contributed by atoms with Crippen molar-refractivity contribution in [3.63, 3.8) is 0 Å². The number of fused-ring (bicyclic) bond motifs is 2. The molecule has 0 aromatic carbocycles. The van der Waals surface area contributed by atoms with E-state index >= 15 is 0 Å². The van der Waals surface area contributed by atoms with E-state index in [1.807, 2.05) is 13.8 Å². The standard InChI is InChI=1S/C16H19FN4O/c1-16(2,20-14(22)13-11-6-18-7-12(11)13)15-19-5-10-4-3-9(17)8-21(10)15/h3-5,8,11-13,18H,6-7H2,1-2H3,(H,20,22)/t11-,12+,13+. The van der Waals surface area contributed by atoms with Gasteiger partial charge in [0, 0.05) is 12.1 Å². The molecule has 0 unspecified atom stereocenters. The SMILES string of the molecule is CC(C)(NC(=O)[C@H]1[C@@H]2CNC[C@@H]21)c1ncc2ccc(F)cn12. The lowest BCUT2D eigenvalue weighted by Crippen LogP contribution is -2.44. The van der Waals surface area contributed by atoms with Gasteiger partial charge < -0.3 is 10.6 Å². The van der Waals surface area contributed by atoms with Crippen LogP contribution in [-0.4, -0.2) is 28.4 Å². The molecule has 1 saturated carbocycles. The molecule has 3 atom stereocenters. The number of nitrogens with one attached hydrogen (secondary N) is 2. The molecule has 2 aromatic rings. The summed E-state index contributed by atoms with van der Waals surface area (Å²) in [6.45, 7) is 5.67. The summed E-state index contributed by atoms with van der Waals surface area (Å²) in [5, 5.41) is 6.38. The fourth-order valence-corrected chi connectivity index (χ4v) is 3.68. The second-order valence-corrected chi connectivity index (χ2v) is 6.85. The molecule has 2 fully saturated rings. The number of piperidine rings is 1. The molecular formula is C16H19FN4O. The Morgan fingerprint density at radius 3 is 2.86 bits per heavy atom. The lowest BCUT2D eigenvalue weighted by Gasteiger charge is -2.25. The third kappa shape index (κ3) is 2.01. The van der Waals surface area contributed by atoms with Gasteiger partial charge in [0.1, 0.15) is 11.6 Å². The predicted octanol–water partition coefficient (Wildman–Crippen LogP) is 1.29. The number of nitrogens with zero attached hydrogens (tertiary/aromatic N) is 2. The Bertz CT molecular complexity index is 744. The van der Waals surface area contributed by atoms with Crippen LogP contribution in [0.2, 0.25) is 0 Å². The third-order valence-corrected chi connectivity index (χ3v) is 4.88. The number of aromatic nitrogens is 2. The maximum absolute atomic E-state index is 13.5. The molecule has 0 bridgehead atoms. The van der Waals surface area contributed by atoms with Crippen LogP contribution in [0.15, 0.2) is 24.5 Å². The highest BCUT2D eigenvalue weighted by atomic mass is 19.1. The number of amides is 1. The van der Waals surface area contributed by atoms with E-state index in [0.717, 1.165) is 18.6 Å². The van der Waals surface area contributed by atoms with Crippen molar-refractivity contribution < 1.29 is 9.18 Å². The lowest BCUT2D eigenvalue weighted by molar-refractivity contribution is -0.124. The molecule has 2 aromatic heterocycles. The average molecular weight is 302 g/mol. The number of carbonyl (C=O) groups is 1. The van der Waals surface area contributed by atoms with E-state index in [9.17, 15) is 9.18 Å². The van der Waals surface area contributed by atoms with E-state index in [1.54, 1.807) is 16.7 Å². The number of imidazole rings is 1. The van der Waals surface area contributed by atoms with Crippen LogP contribution in [0.5, 0.6) is 0 Å². The van der Waals surface area contributed by atoms with Gasteiger partial charge in [-0.2, -0.15) is 0 Å². The second-order valence-electron chi connectivity index (χ2n) is 6.85. The Labute approximate surface area is 127 Å². The summed E-state index contributed by atoms with van der Waals surface area (Å²) in [4.78, 5) is 16.9. The first kappa shape index (κ1) is 13.7. The van der Waals surface area contributed by atoms with Crippen molar-refractivity contribution in [1.29, 1.82) is 0 Å². The molecule has 116 valence electrons. The number of hydrogen-bond donors (Lipinski definition) is 2. The summed E-state index contributed by atoms with van der Waals surface area (Å²) in [5.74, 6) is 1.46. The number of hydrogen-bond acceptors (Lipinski definition) is 3. The Balaban J connectivity index is 1.59. The molecular weight excluding hydrogens is 283 g/mol. The number of pyridine rings is 1. The Morgan fingerprint density at radius 1 is 1.41 bits per heavy atom. The van der Waals surface area contributed by atoms with E-state index in [-0.39, 0.29) is 17.6 Å². The van der Waals surface area contributed by atoms with Gasteiger partial charge in [0.25, 0.3) is 0 Å². The zero-order valence-electron chi connectivity index (χ0n) is 12.6. The Kier molecular flexibility index (Phi) is 2.81. The van der Waals surface area contributed by atoms with E-state index < -0.39 is 5.54 Å². The summed E-state index contributed by atoms with van der Waals surface area (Å²) in [6.07, 6.45) is 3.10. The van der Waals surface area contributed by atoms with E-state index in [2.05, 4.69) is 15.6 Å². The largest absolute Gasteiger partial charge is 0.344 e. The summed E-state index contributed by atoms with van der Waals surface area (Å²) in [7, 11) is 0. The first-order chi connectivity index (χ1) is 10.5. The van der Waals surface area contributed by atoms with Crippen molar-refractivity contribution in [1.82, 2.24) is 20.0 Å². The molecule has 2 N–H and O–H groups in total.